The van der Waals surface area contributed by atoms with Crippen LogP contribution in [0.2, 0.25) is 0 Å². The molecule has 22 heavy (non-hydrogen) atoms. The second-order valence-corrected chi connectivity index (χ2v) is 5.25. The zero-order chi connectivity index (χ0) is 15.4. The van der Waals surface area contributed by atoms with Gasteiger partial charge in [-0.2, -0.15) is 0 Å². The Bertz CT molecular complexity index is 628. The average molecular weight is 300 g/mol. The maximum Gasteiger partial charge on any atom is 0.231 e. The number of allylic oxidation sites excluding steroid dienone is 3. The lowest BCUT2D eigenvalue weighted by Gasteiger charge is -2.17. The molecule has 1 unspecified atom stereocenters. The van der Waals surface area contributed by atoms with Gasteiger partial charge in [0, 0.05) is 0 Å². The molecule has 0 saturated heterocycles. The van der Waals surface area contributed by atoms with Gasteiger partial charge in [-0.15, -0.1) is 0 Å². The molecule has 0 amide bonds. The summed E-state index contributed by atoms with van der Waals surface area (Å²) < 4.78 is 20.9. The van der Waals surface area contributed by atoms with Gasteiger partial charge in [0.2, 0.25) is 6.79 Å². The highest BCUT2D eigenvalue weighted by molar-refractivity contribution is 5.44. The fourth-order valence-electron chi connectivity index (χ4n) is 2.33. The van der Waals surface area contributed by atoms with E-state index in [4.69, 9.17) is 18.9 Å². The molecule has 0 fully saturated rings. The Balaban J connectivity index is 0.000000131. The van der Waals surface area contributed by atoms with Gasteiger partial charge in [-0.05, 0) is 49.3 Å². The first kappa shape index (κ1) is 14.7. The van der Waals surface area contributed by atoms with Crippen molar-refractivity contribution in [2.45, 2.75) is 26.4 Å². The Morgan fingerprint density at radius 2 is 1.86 bits per heavy atom. The summed E-state index contributed by atoms with van der Waals surface area (Å²) >= 11 is 0. The third-order valence-corrected chi connectivity index (χ3v) is 3.60. The third kappa shape index (κ3) is 3.52. The van der Waals surface area contributed by atoms with Crippen molar-refractivity contribution in [1.29, 1.82) is 0 Å². The summed E-state index contributed by atoms with van der Waals surface area (Å²) in [5.74, 6) is 2.65. The molecule has 4 heteroatoms. The van der Waals surface area contributed by atoms with Gasteiger partial charge < -0.3 is 18.9 Å². The van der Waals surface area contributed by atoms with E-state index in [1.165, 1.54) is 11.1 Å². The van der Waals surface area contributed by atoms with Gasteiger partial charge in [0.05, 0.1) is 0 Å². The van der Waals surface area contributed by atoms with Gasteiger partial charge in [-0.25, -0.2) is 0 Å². The molecule has 3 aliphatic rings. The minimum atomic E-state index is 0.105. The fraction of sp³-hybridized carbons (Fsp3) is 0.333. The summed E-state index contributed by atoms with van der Waals surface area (Å²) in [6.45, 7) is 4.90. The Hall–Kier alpha value is -2.20. The summed E-state index contributed by atoms with van der Waals surface area (Å²) in [5.41, 5.74) is 2.50. The molecule has 0 radical (unpaired) electrons. The highest BCUT2D eigenvalue weighted by Gasteiger charge is 2.13. The van der Waals surface area contributed by atoms with Crippen LogP contribution in [-0.2, 0) is 15.9 Å². The first-order chi connectivity index (χ1) is 10.7. The van der Waals surface area contributed by atoms with E-state index in [1.807, 2.05) is 30.4 Å². The van der Waals surface area contributed by atoms with Crippen LogP contribution in [-0.4, -0.2) is 19.7 Å². The van der Waals surface area contributed by atoms with Crippen molar-refractivity contribution in [2.75, 3.05) is 13.6 Å². The van der Waals surface area contributed by atoms with Crippen molar-refractivity contribution in [2.24, 2.45) is 0 Å². The third-order valence-electron chi connectivity index (χ3n) is 3.60. The predicted molar refractivity (Wildman–Crippen MR) is 83.7 cm³/mol. The van der Waals surface area contributed by atoms with Crippen molar-refractivity contribution in [3.8, 4) is 11.5 Å². The van der Waals surface area contributed by atoms with Crippen LogP contribution in [0.25, 0.3) is 0 Å². The maximum atomic E-state index is 5.28. The van der Waals surface area contributed by atoms with Crippen molar-refractivity contribution >= 4 is 0 Å². The van der Waals surface area contributed by atoms with Gasteiger partial charge in [-0.3, -0.25) is 0 Å². The number of benzene rings is 1. The minimum Gasteiger partial charge on any atom is -0.468 e. The molecule has 2 heterocycles. The Morgan fingerprint density at radius 3 is 2.73 bits per heavy atom. The number of ether oxygens (including phenoxy) is 4. The lowest BCUT2D eigenvalue weighted by Crippen LogP contribution is -2.15. The van der Waals surface area contributed by atoms with E-state index < -0.39 is 0 Å². The molecule has 0 aromatic heterocycles. The van der Waals surface area contributed by atoms with Gasteiger partial charge in [0.25, 0.3) is 0 Å². The average Bonchev–Trinajstić information content (AvgIpc) is 2.96. The van der Waals surface area contributed by atoms with E-state index in [0.29, 0.717) is 13.6 Å². The van der Waals surface area contributed by atoms with E-state index in [0.717, 1.165) is 23.7 Å². The van der Waals surface area contributed by atoms with Gasteiger partial charge in [-0.1, -0.05) is 24.6 Å². The summed E-state index contributed by atoms with van der Waals surface area (Å²) in [4.78, 5) is 0. The number of hydrogen-bond acceptors (Lipinski definition) is 4. The molecule has 0 saturated carbocycles. The van der Waals surface area contributed by atoms with Crippen LogP contribution in [0.4, 0.5) is 0 Å². The van der Waals surface area contributed by atoms with E-state index >= 15 is 0 Å². The maximum absolute atomic E-state index is 5.28. The van der Waals surface area contributed by atoms with Crippen molar-refractivity contribution in [3.63, 3.8) is 0 Å². The summed E-state index contributed by atoms with van der Waals surface area (Å²) in [6, 6.07) is 6.05. The first-order valence-electron chi connectivity index (χ1n) is 7.46. The van der Waals surface area contributed by atoms with Crippen molar-refractivity contribution < 1.29 is 18.9 Å². The summed E-state index contributed by atoms with van der Waals surface area (Å²) in [6.07, 6.45) is 9.18. The molecule has 116 valence electrons. The van der Waals surface area contributed by atoms with Crippen LogP contribution in [0.15, 0.2) is 53.8 Å². The largest absolute Gasteiger partial charge is 0.468 e. The lowest BCUT2D eigenvalue weighted by molar-refractivity contribution is -0.0499. The fourth-order valence-corrected chi connectivity index (χ4v) is 2.33. The Kier molecular flexibility index (Phi) is 4.49. The second kappa shape index (κ2) is 6.71. The van der Waals surface area contributed by atoms with Crippen LogP contribution in [0.5, 0.6) is 11.5 Å². The van der Waals surface area contributed by atoms with Gasteiger partial charge >= 0.3 is 0 Å². The van der Waals surface area contributed by atoms with Gasteiger partial charge in [0.15, 0.2) is 18.3 Å². The highest BCUT2D eigenvalue weighted by Crippen LogP contribution is 2.32. The molecular weight excluding hydrogens is 280 g/mol. The van der Waals surface area contributed by atoms with Crippen LogP contribution in [0.3, 0.4) is 0 Å². The topological polar surface area (TPSA) is 36.9 Å². The van der Waals surface area contributed by atoms with E-state index in [-0.39, 0.29) is 6.10 Å². The molecule has 4 nitrogen and oxygen atoms in total. The van der Waals surface area contributed by atoms with E-state index in [9.17, 15) is 0 Å². The number of hydrogen-bond donors (Lipinski definition) is 0. The number of aryl methyl sites for hydroxylation is 1. The smallest absolute Gasteiger partial charge is 0.231 e. The van der Waals surface area contributed by atoms with E-state index in [1.54, 1.807) is 0 Å². The second-order valence-electron chi connectivity index (χ2n) is 5.25. The highest BCUT2D eigenvalue weighted by atomic mass is 16.7. The Labute approximate surface area is 130 Å². The van der Waals surface area contributed by atoms with E-state index in [2.05, 4.69) is 26.0 Å². The lowest BCUT2D eigenvalue weighted by atomic mass is 10.1. The van der Waals surface area contributed by atoms with Crippen molar-refractivity contribution in [1.82, 2.24) is 0 Å². The molecule has 1 atom stereocenters. The number of rotatable bonds is 1. The van der Waals surface area contributed by atoms with Crippen LogP contribution in [0.1, 0.15) is 19.4 Å². The summed E-state index contributed by atoms with van der Waals surface area (Å²) in [7, 11) is 0. The zero-order valence-corrected chi connectivity index (χ0v) is 12.9. The quantitative estimate of drug-likeness (QED) is 0.792. The zero-order valence-electron chi connectivity index (χ0n) is 12.9. The number of fused-ring (bicyclic) bond motifs is 2. The molecule has 1 aromatic carbocycles. The minimum absolute atomic E-state index is 0.105. The standard InChI is InChI=1S/2C9H10O2/c1-7-2-3-8-5-9(4-7)11-6-10-8;1-2-7-3-4-8-9(5-7)11-6-10-8/h2-5,9H,6H2,1H3;3-5H,2,6H2,1H3. The molecular formula is C18H20O4. The summed E-state index contributed by atoms with van der Waals surface area (Å²) in [5, 5.41) is 0. The molecule has 1 aliphatic carbocycles. The van der Waals surface area contributed by atoms with Gasteiger partial charge in [0.1, 0.15) is 11.9 Å². The molecule has 0 N–H and O–H groups in total. The molecule has 0 spiro atoms. The molecule has 4 rings (SSSR count). The molecule has 2 aliphatic heterocycles. The first-order valence-corrected chi connectivity index (χ1v) is 7.46. The van der Waals surface area contributed by atoms with Crippen molar-refractivity contribution in [3.05, 3.63) is 59.4 Å². The molecule has 1 aromatic rings. The SMILES string of the molecule is CC1=CC2C=C(C=C1)OCO2.CCc1ccc2c(c1)OCO2. The molecule has 2 bridgehead atoms. The van der Waals surface area contributed by atoms with Crippen LogP contribution >= 0.6 is 0 Å². The monoisotopic (exact) mass is 300 g/mol. The van der Waals surface area contributed by atoms with Crippen LogP contribution < -0.4 is 9.47 Å². The predicted octanol–water partition coefficient (Wildman–Crippen LogP) is 3.74. The Morgan fingerprint density at radius 1 is 1.00 bits per heavy atom. The normalized spacial score (nSPS) is 20.9. The van der Waals surface area contributed by atoms with Crippen LogP contribution in [0, 0.1) is 0 Å².